The number of rotatable bonds is 5. The molecule has 0 saturated carbocycles. The van der Waals surface area contributed by atoms with Gasteiger partial charge >= 0.3 is 0 Å². The van der Waals surface area contributed by atoms with Gasteiger partial charge in [0.25, 0.3) is 11.4 Å². The van der Waals surface area contributed by atoms with Gasteiger partial charge in [-0.25, -0.2) is 0 Å². The zero-order valence-corrected chi connectivity index (χ0v) is 13.6. The minimum absolute atomic E-state index is 0.0322. The quantitative estimate of drug-likeness (QED) is 0.604. The Morgan fingerprint density at radius 2 is 1.92 bits per heavy atom. The summed E-state index contributed by atoms with van der Waals surface area (Å²) in [5.41, 5.74) is 0.877. The van der Waals surface area contributed by atoms with Crippen molar-refractivity contribution >= 4 is 17.1 Å². The summed E-state index contributed by atoms with van der Waals surface area (Å²) in [6.45, 7) is 0.653. The number of hydrogen-bond acceptors (Lipinski definition) is 6. The van der Waals surface area contributed by atoms with Gasteiger partial charge < -0.3 is 9.64 Å². The van der Waals surface area contributed by atoms with Crippen LogP contribution in [0.15, 0.2) is 42.5 Å². The molecule has 1 aliphatic heterocycles. The molecule has 0 amide bonds. The number of methoxy groups -OCH3 is 1. The van der Waals surface area contributed by atoms with E-state index in [1.807, 2.05) is 29.2 Å². The maximum Gasteiger partial charge on any atom is 0.299 e. The lowest BCUT2D eigenvalue weighted by atomic mass is 10.0. The van der Waals surface area contributed by atoms with E-state index in [2.05, 4.69) is 0 Å². The summed E-state index contributed by atoms with van der Waals surface area (Å²) < 4.78 is 5.26. The molecule has 1 saturated heterocycles. The average molecular weight is 343 g/mol. The minimum atomic E-state index is -0.625. The van der Waals surface area contributed by atoms with Gasteiger partial charge in [0.1, 0.15) is 11.4 Å². The molecule has 2 aromatic rings. The summed E-state index contributed by atoms with van der Waals surface area (Å²) in [6, 6.07) is 11.4. The molecule has 8 nitrogen and oxygen atoms in total. The van der Waals surface area contributed by atoms with Gasteiger partial charge in [0.05, 0.1) is 29.1 Å². The van der Waals surface area contributed by atoms with Gasteiger partial charge in [-0.1, -0.05) is 12.1 Å². The number of nitro groups is 2. The Balaban J connectivity index is 2.02. The Kier molecular flexibility index (Phi) is 4.51. The van der Waals surface area contributed by atoms with Gasteiger partial charge in [0.15, 0.2) is 0 Å². The second-order valence-corrected chi connectivity index (χ2v) is 5.82. The van der Waals surface area contributed by atoms with E-state index in [4.69, 9.17) is 4.74 Å². The van der Waals surface area contributed by atoms with Crippen LogP contribution in [0.5, 0.6) is 5.75 Å². The Hall–Kier alpha value is -3.16. The van der Waals surface area contributed by atoms with Crippen LogP contribution in [0.25, 0.3) is 0 Å². The van der Waals surface area contributed by atoms with Crippen LogP contribution in [0.3, 0.4) is 0 Å². The third kappa shape index (κ3) is 3.23. The Bertz CT molecular complexity index is 824. The molecule has 1 unspecified atom stereocenters. The molecule has 1 atom stereocenters. The first-order chi connectivity index (χ1) is 12.0. The molecule has 1 fully saturated rings. The van der Waals surface area contributed by atoms with E-state index in [9.17, 15) is 20.2 Å². The van der Waals surface area contributed by atoms with E-state index in [1.54, 1.807) is 7.11 Å². The van der Waals surface area contributed by atoms with Crippen LogP contribution < -0.4 is 9.64 Å². The molecule has 2 aromatic carbocycles. The van der Waals surface area contributed by atoms with Crippen LogP contribution in [-0.4, -0.2) is 23.5 Å². The normalized spacial score (nSPS) is 16.7. The van der Waals surface area contributed by atoms with Crippen molar-refractivity contribution in [2.24, 2.45) is 0 Å². The predicted molar refractivity (Wildman–Crippen MR) is 92.1 cm³/mol. The van der Waals surface area contributed by atoms with Crippen LogP contribution in [0, 0.1) is 20.2 Å². The first-order valence-electron chi connectivity index (χ1n) is 7.84. The Labute approximate surface area is 143 Å². The number of ether oxygens (including phenoxy) is 1. The van der Waals surface area contributed by atoms with Gasteiger partial charge in [-0.3, -0.25) is 20.2 Å². The summed E-state index contributed by atoms with van der Waals surface area (Å²) in [4.78, 5) is 23.1. The van der Waals surface area contributed by atoms with Crippen LogP contribution in [0.2, 0.25) is 0 Å². The fraction of sp³-hybridized carbons (Fsp3) is 0.294. The number of nitro benzene ring substituents is 2. The van der Waals surface area contributed by atoms with Gasteiger partial charge in [0, 0.05) is 12.6 Å². The summed E-state index contributed by atoms with van der Waals surface area (Å²) in [6.07, 6.45) is 1.73. The molecular weight excluding hydrogens is 326 g/mol. The number of nitrogens with zero attached hydrogens (tertiary/aromatic N) is 3. The highest BCUT2D eigenvalue weighted by molar-refractivity contribution is 5.68. The largest absolute Gasteiger partial charge is 0.497 e. The molecule has 1 heterocycles. The number of non-ortho nitro benzene ring substituents is 1. The Morgan fingerprint density at radius 1 is 1.12 bits per heavy atom. The first kappa shape index (κ1) is 16.7. The average Bonchev–Trinajstić information content (AvgIpc) is 3.10. The standard InChI is InChI=1S/C17H17N3O5/c1-25-14-5-2-4-12(10-14)15-6-3-9-18(15)16-8-7-13(19(21)22)11-17(16)20(23)24/h2,4-5,7-8,10-11,15H,3,6,9H2,1H3. The maximum atomic E-state index is 11.4. The van der Waals surface area contributed by atoms with Gasteiger partial charge in [-0.15, -0.1) is 0 Å². The maximum absolute atomic E-state index is 11.4. The summed E-state index contributed by atoms with van der Waals surface area (Å²) in [5, 5.41) is 22.4. The molecule has 0 radical (unpaired) electrons. The Morgan fingerprint density at radius 3 is 2.60 bits per heavy atom. The number of hydrogen-bond donors (Lipinski definition) is 0. The summed E-state index contributed by atoms with van der Waals surface area (Å²) >= 11 is 0. The highest BCUT2D eigenvalue weighted by atomic mass is 16.6. The van der Waals surface area contributed by atoms with Gasteiger partial charge in [-0.2, -0.15) is 0 Å². The molecule has 3 rings (SSSR count). The van der Waals surface area contributed by atoms with Gasteiger partial charge in [0.2, 0.25) is 0 Å². The molecule has 25 heavy (non-hydrogen) atoms. The summed E-state index contributed by atoms with van der Waals surface area (Å²) in [7, 11) is 1.59. The third-order valence-corrected chi connectivity index (χ3v) is 4.41. The van der Waals surface area contributed by atoms with E-state index in [0.717, 1.165) is 30.2 Å². The van der Waals surface area contributed by atoms with Crippen molar-refractivity contribution < 1.29 is 14.6 Å². The van der Waals surface area contributed by atoms with E-state index in [-0.39, 0.29) is 17.4 Å². The molecule has 8 heteroatoms. The molecule has 130 valence electrons. The smallest absolute Gasteiger partial charge is 0.299 e. The SMILES string of the molecule is COc1cccc(C2CCCN2c2ccc([N+](=O)[O-])cc2[N+](=O)[O-])c1. The lowest BCUT2D eigenvalue weighted by Gasteiger charge is -2.27. The molecule has 0 N–H and O–H groups in total. The van der Waals surface area contributed by atoms with E-state index in [1.165, 1.54) is 12.1 Å². The van der Waals surface area contributed by atoms with Crippen LogP contribution >= 0.6 is 0 Å². The van der Waals surface area contributed by atoms with E-state index >= 15 is 0 Å². The molecule has 0 aromatic heterocycles. The fourth-order valence-electron chi connectivity index (χ4n) is 3.26. The van der Waals surface area contributed by atoms with Crippen molar-refractivity contribution in [1.29, 1.82) is 0 Å². The minimum Gasteiger partial charge on any atom is -0.497 e. The number of anilines is 1. The lowest BCUT2D eigenvalue weighted by Crippen LogP contribution is -2.23. The summed E-state index contributed by atoms with van der Waals surface area (Å²) in [5.74, 6) is 0.725. The zero-order chi connectivity index (χ0) is 18.0. The predicted octanol–water partition coefficient (Wildman–Crippen LogP) is 3.85. The number of benzene rings is 2. The molecular formula is C17H17N3O5. The monoisotopic (exact) mass is 343 g/mol. The highest BCUT2D eigenvalue weighted by Gasteiger charge is 2.32. The van der Waals surface area contributed by atoms with E-state index < -0.39 is 9.85 Å². The topological polar surface area (TPSA) is 98.8 Å². The fourth-order valence-corrected chi connectivity index (χ4v) is 3.26. The van der Waals surface area contributed by atoms with E-state index in [0.29, 0.717) is 12.2 Å². The van der Waals surface area contributed by atoms with Crippen molar-refractivity contribution in [3.05, 3.63) is 68.3 Å². The van der Waals surface area contributed by atoms with Crippen molar-refractivity contribution in [2.75, 3.05) is 18.6 Å². The van der Waals surface area contributed by atoms with Crippen molar-refractivity contribution in [3.63, 3.8) is 0 Å². The van der Waals surface area contributed by atoms with Crippen molar-refractivity contribution in [3.8, 4) is 5.75 Å². The first-order valence-corrected chi connectivity index (χ1v) is 7.84. The molecule has 0 spiro atoms. The third-order valence-electron chi connectivity index (χ3n) is 4.41. The van der Waals surface area contributed by atoms with Gasteiger partial charge in [-0.05, 0) is 36.6 Å². The second-order valence-electron chi connectivity index (χ2n) is 5.82. The van der Waals surface area contributed by atoms with Crippen LogP contribution in [0.4, 0.5) is 17.1 Å². The van der Waals surface area contributed by atoms with Crippen molar-refractivity contribution in [2.45, 2.75) is 18.9 Å². The van der Waals surface area contributed by atoms with Crippen LogP contribution in [-0.2, 0) is 0 Å². The van der Waals surface area contributed by atoms with Crippen molar-refractivity contribution in [1.82, 2.24) is 0 Å². The lowest BCUT2D eigenvalue weighted by molar-refractivity contribution is -0.393. The molecule has 1 aliphatic rings. The molecule has 0 aliphatic carbocycles. The molecule has 0 bridgehead atoms. The second kappa shape index (κ2) is 6.76. The zero-order valence-electron chi connectivity index (χ0n) is 13.6. The van der Waals surface area contributed by atoms with Crippen LogP contribution in [0.1, 0.15) is 24.4 Å². The highest BCUT2D eigenvalue weighted by Crippen LogP contribution is 2.42.